The van der Waals surface area contributed by atoms with Crippen LogP contribution in [0.2, 0.25) is 0 Å². The summed E-state index contributed by atoms with van der Waals surface area (Å²) in [6, 6.07) is 0. The van der Waals surface area contributed by atoms with Crippen molar-refractivity contribution in [3.8, 4) is 0 Å². The zero-order chi connectivity index (χ0) is 12.4. The van der Waals surface area contributed by atoms with Gasteiger partial charge < -0.3 is 10.3 Å². The lowest BCUT2D eigenvalue weighted by Crippen LogP contribution is -2.07. The Morgan fingerprint density at radius 1 is 1.35 bits per heavy atom. The number of thioether (sulfide) groups is 1. The van der Waals surface area contributed by atoms with Crippen LogP contribution in [0.15, 0.2) is 9.68 Å². The van der Waals surface area contributed by atoms with Crippen LogP contribution in [0.4, 0.5) is 5.95 Å². The lowest BCUT2D eigenvalue weighted by atomic mass is 10.2. The summed E-state index contributed by atoms with van der Waals surface area (Å²) < 4.78 is 7.01. The van der Waals surface area contributed by atoms with Crippen LogP contribution >= 0.6 is 11.8 Å². The number of hydrogen-bond donors (Lipinski definition) is 1. The molecule has 0 atom stereocenters. The maximum atomic E-state index is 5.81. The van der Waals surface area contributed by atoms with Crippen LogP contribution in [0.1, 0.15) is 23.9 Å². The Labute approximate surface area is 104 Å². The van der Waals surface area contributed by atoms with Crippen LogP contribution in [-0.4, -0.2) is 25.7 Å². The molecule has 6 nitrogen and oxygen atoms in total. The van der Waals surface area contributed by atoms with E-state index in [2.05, 4.69) is 22.3 Å². The van der Waals surface area contributed by atoms with Crippen molar-refractivity contribution in [2.24, 2.45) is 0 Å². The van der Waals surface area contributed by atoms with Crippen molar-refractivity contribution in [2.75, 3.05) is 11.5 Å². The van der Waals surface area contributed by atoms with Crippen molar-refractivity contribution < 1.29 is 4.52 Å². The van der Waals surface area contributed by atoms with Crippen molar-refractivity contribution in [3.63, 3.8) is 0 Å². The maximum Gasteiger partial charge on any atom is 0.223 e. The van der Waals surface area contributed by atoms with Crippen LogP contribution in [0.25, 0.3) is 0 Å². The zero-order valence-electron chi connectivity index (χ0n) is 10.1. The number of hydrogen-bond acceptors (Lipinski definition) is 6. The molecule has 0 saturated heterocycles. The average molecular weight is 253 g/mol. The summed E-state index contributed by atoms with van der Waals surface area (Å²) in [5.74, 6) is 2.16. The predicted molar refractivity (Wildman–Crippen MR) is 65.9 cm³/mol. The van der Waals surface area contributed by atoms with Gasteiger partial charge in [-0.15, -0.1) is 10.2 Å². The fourth-order valence-electron chi connectivity index (χ4n) is 1.57. The number of nitrogens with two attached hydrogens (primary N) is 1. The van der Waals surface area contributed by atoms with Gasteiger partial charge in [0.1, 0.15) is 5.76 Å². The van der Waals surface area contributed by atoms with Crippen molar-refractivity contribution in [1.82, 2.24) is 19.9 Å². The highest BCUT2D eigenvalue weighted by Crippen LogP contribution is 2.21. The third-order valence-corrected chi connectivity index (χ3v) is 3.37. The van der Waals surface area contributed by atoms with Gasteiger partial charge in [0.05, 0.1) is 12.2 Å². The average Bonchev–Trinajstić information content (AvgIpc) is 2.79. The molecular formula is C10H15N5OS. The molecule has 17 heavy (non-hydrogen) atoms. The van der Waals surface area contributed by atoms with Gasteiger partial charge in [0.2, 0.25) is 5.95 Å². The summed E-state index contributed by atoms with van der Waals surface area (Å²) in [5, 5.41) is 12.7. The molecular weight excluding hydrogens is 238 g/mol. The second-order valence-corrected chi connectivity index (χ2v) is 4.89. The molecule has 7 heteroatoms. The molecule has 0 aromatic carbocycles. The Kier molecular flexibility index (Phi) is 3.37. The molecule has 0 bridgehead atoms. The highest BCUT2D eigenvalue weighted by molar-refractivity contribution is 7.99. The van der Waals surface area contributed by atoms with E-state index >= 15 is 0 Å². The summed E-state index contributed by atoms with van der Waals surface area (Å²) in [5.41, 5.74) is 7.73. The van der Waals surface area contributed by atoms with E-state index in [1.54, 1.807) is 11.8 Å². The van der Waals surface area contributed by atoms with Gasteiger partial charge >= 0.3 is 0 Å². The first-order valence-electron chi connectivity index (χ1n) is 5.36. The molecule has 2 aromatic heterocycles. The molecule has 0 saturated carbocycles. The molecule has 0 unspecified atom stereocenters. The Hall–Kier alpha value is -1.50. The molecule has 0 fully saturated rings. The van der Waals surface area contributed by atoms with Crippen LogP contribution in [0.3, 0.4) is 0 Å². The topological polar surface area (TPSA) is 82.8 Å². The molecule has 2 rings (SSSR count). The SMILES string of the molecule is CCSc1nnc(N)n1Cc1c(C)noc1C. The summed E-state index contributed by atoms with van der Waals surface area (Å²) in [7, 11) is 0. The lowest BCUT2D eigenvalue weighted by Gasteiger charge is -2.06. The molecule has 2 heterocycles. The number of anilines is 1. The van der Waals surface area contributed by atoms with E-state index < -0.39 is 0 Å². The van der Waals surface area contributed by atoms with Crippen LogP contribution in [0, 0.1) is 13.8 Å². The van der Waals surface area contributed by atoms with Crippen molar-refractivity contribution >= 4 is 17.7 Å². The van der Waals surface area contributed by atoms with E-state index in [0.29, 0.717) is 12.5 Å². The predicted octanol–water partition coefficient (Wildman–Crippen LogP) is 1.63. The summed E-state index contributed by atoms with van der Waals surface area (Å²) in [6.45, 7) is 6.47. The Balaban J connectivity index is 2.32. The molecule has 2 aromatic rings. The van der Waals surface area contributed by atoms with Gasteiger partial charge in [0, 0.05) is 5.56 Å². The number of nitrogen functional groups attached to an aromatic ring is 1. The second-order valence-electron chi connectivity index (χ2n) is 3.66. The van der Waals surface area contributed by atoms with Crippen LogP contribution < -0.4 is 5.73 Å². The standard InChI is InChI=1S/C10H15N5OS/c1-4-17-10-13-12-9(11)15(10)5-8-6(2)14-16-7(8)3/h4-5H2,1-3H3,(H2,11,12). The van der Waals surface area contributed by atoms with Gasteiger partial charge in [-0.3, -0.25) is 4.57 Å². The second kappa shape index (κ2) is 4.79. The Morgan fingerprint density at radius 2 is 2.12 bits per heavy atom. The summed E-state index contributed by atoms with van der Waals surface area (Å²) >= 11 is 1.61. The molecule has 92 valence electrons. The number of rotatable bonds is 4. The van der Waals surface area contributed by atoms with E-state index in [9.17, 15) is 0 Å². The minimum absolute atomic E-state index is 0.418. The fraction of sp³-hybridized carbons (Fsp3) is 0.500. The van der Waals surface area contributed by atoms with Gasteiger partial charge in [-0.25, -0.2) is 0 Å². The van der Waals surface area contributed by atoms with Gasteiger partial charge in [-0.05, 0) is 19.6 Å². The van der Waals surface area contributed by atoms with Gasteiger partial charge in [0.15, 0.2) is 5.16 Å². The first-order chi connectivity index (χ1) is 8.13. The van der Waals surface area contributed by atoms with Crippen LogP contribution in [0.5, 0.6) is 0 Å². The molecule has 2 N–H and O–H groups in total. The van der Waals surface area contributed by atoms with Gasteiger partial charge in [0.25, 0.3) is 0 Å². The van der Waals surface area contributed by atoms with E-state index in [1.165, 1.54) is 0 Å². The number of aromatic nitrogens is 4. The third kappa shape index (κ3) is 2.28. The van der Waals surface area contributed by atoms with E-state index in [0.717, 1.165) is 27.9 Å². The molecule has 0 spiro atoms. The third-order valence-electron chi connectivity index (χ3n) is 2.52. The largest absolute Gasteiger partial charge is 0.368 e. The summed E-state index contributed by atoms with van der Waals surface area (Å²) in [6.07, 6.45) is 0. The lowest BCUT2D eigenvalue weighted by molar-refractivity contribution is 0.392. The fourth-order valence-corrected chi connectivity index (χ4v) is 2.24. The highest BCUT2D eigenvalue weighted by atomic mass is 32.2. The molecule has 0 aliphatic rings. The van der Waals surface area contributed by atoms with Crippen molar-refractivity contribution in [3.05, 3.63) is 17.0 Å². The van der Waals surface area contributed by atoms with Crippen molar-refractivity contribution in [2.45, 2.75) is 32.5 Å². The first-order valence-corrected chi connectivity index (χ1v) is 6.35. The van der Waals surface area contributed by atoms with E-state index in [4.69, 9.17) is 10.3 Å². The van der Waals surface area contributed by atoms with E-state index in [1.807, 2.05) is 18.4 Å². The molecule has 0 amide bonds. The minimum atomic E-state index is 0.418. The minimum Gasteiger partial charge on any atom is -0.368 e. The van der Waals surface area contributed by atoms with Gasteiger partial charge in [-0.1, -0.05) is 23.8 Å². The van der Waals surface area contributed by atoms with Crippen LogP contribution in [-0.2, 0) is 6.54 Å². The van der Waals surface area contributed by atoms with Gasteiger partial charge in [-0.2, -0.15) is 0 Å². The Bertz CT molecular complexity index is 499. The molecule has 0 aliphatic carbocycles. The normalized spacial score (nSPS) is 11.0. The van der Waals surface area contributed by atoms with Crippen molar-refractivity contribution in [1.29, 1.82) is 0 Å². The molecule has 0 radical (unpaired) electrons. The quantitative estimate of drug-likeness (QED) is 0.834. The zero-order valence-corrected chi connectivity index (χ0v) is 10.9. The number of aryl methyl sites for hydroxylation is 2. The highest BCUT2D eigenvalue weighted by Gasteiger charge is 2.15. The Morgan fingerprint density at radius 3 is 2.71 bits per heavy atom. The summed E-state index contributed by atoms with van der Waals surface area (Å²) in [4.78, 5) is 0. The first kappa shape index (κ1) is 12.0. The van der Waals surface area contributed by atoms with E-state index in [-0.39, 0.29) is 0 Å². The number of nitrogens with zero attached hydrogens (tertiary/aromatic N) is 4. The maximum absolute atomic E-state index is 5.81. The monoisotopic (exact) mass is 253 g/mol. The smallest absolute Gasteiger partial charge is 0.223 e. The molecule has 0 aliphatic heterocycles.